The second-order valence-corrected chi connectivity index (χ2v) is 11.3. The van der Waals surface area contributed by atoms with Crippen LogP contribution in [0.15, 0.2) is 91.0 Å². The molecular formula is C34H33N3O3. The van der Waals surface area contributed by atoms with Crippen LogP contribution < -0.4 is 5.32 Å². The lowest BCUT2D eigenvalue weighted by Crippen LogP contribution is -2.66. The SMILES string of the molecule is C=CC(=O)N1C/C(=C\c2ccc(C)cc2)C(=O)[C@@]2(C1)[C@H](c1ccc(C)cc1)CN(C)[C@]21C(=O)Nc2ccccc21. The van der Waals surface area contributed by atoms with Crippen LogP contribution in [0.1, 0.15) is 33.7 Å². The Morgan fingerprint density at radius 2 is 1.62 bits per heavy atom. The van der Waals surface area contributed by atoms with Crippen LogP contribution in [0, 0.1) is 19.3 Å². The van der Waals surface area contributed by atoms with Crippen LogP contribution >= 0.6 is 0 Å². The van der Waals surface area contributed by atoms with Crippen LogP contribution in [-0.2, 0) is 19.9 Å². The molecule has 0 aromatic heterocycles. The number of nitrogens with one attached hydrogen (secondary N) is 1. The van der Waals surface area contributed by atoms with E-state index in [1.165, 1.54) is 6.08 Å². The molecule has 2 fully saturated rings. The van der Waals surface area contributed by atoms with Crippen molar-refractivity contribution in [1.29, 1.82) is 0 Å². The first-order valence-electron chi connectivity index (χ1n) is 13.6. The Balaban J connectivity index is 1.65. The zero-order valence-corrected chi connectivity index (χ0v) is 23.1. The van der Waals surface area contributed by atoms with Crippen molar-refractivity contribution in [3.05, 3.63) is 119 Å². The predicted molar refractivity (Wildman–Crippen MR) is 157 cm³/mol. The summed E-state index contributed by atoms with van der Waals surface area (Å²) in [5.74, 6) is -0.935. The molecule has 1 N–H and O–H groups in total. The zero-order valence-electron chi connectivity index (χ0n) is 23.1. The first kappa shape index (κ1) is 26.0. The summed E-state index contributed by atoms with van der Waals surface area (Å²) < 4.78 is 0. The fraction of sp³-hybridized carbons (Fsp3) is 0.265. The fourth-order valence-electron chi connectivity index (χ4n) is 7.21. The molecular weight excluding hydrogens is 498 g/mol. The third-order valence-corrected chi connectivity index (χ3v) is 9.05. The van der Waals surface area contributed by atoms with Crippen molar-refractivity contribution in [3.63, 3.8) is 0 Å². The molecule has 6 nitrogen and oxygen atoms in total. The van der Waals surface area contributed by atoms with Gasteiger partial charge in [0.15, 0.2) is 5.78 Å². The van der Waals surface area contributed by atoms with E-state index in [1.54, 1.807) is 4.90 Å². The fourth-order valence-corrected chi connectivity index (χ4v) is 7.21. The number of carbonyl (C=O) groups is 3. The lowest BCUT2D eigenvalue weighted by Gasteiger charge is -2.51. The number of Topliss-reactive ketones (excluding diaryl/α,β-unsaturated/α-hetero) is 1. The van der Waals surface area contributed by atoms with Crippen molar-refractivity contribution < 1.29 is 14.4 Å². The molecule has 0 aliphatic carbocycles. The molecule has 40 heavy (non-hydrogen) atoms. The van der Waals surface area contributed by atoms with Gasteiger partial charge in [0.05, 0.1) is 5.41 Å². The topological polar surface area (TPSA) is 69.7 Å². The van der Waals surface area contributed by atoms with E-state index in [1.807, 2.05) is 92.5 Å². The van der Waals surface area contributed by atoms with Gasteiger partial charge in [0.25, 0.3) is 5.91 Å². The molecule has 3 aliphatic heterocycles. The summed E-state index contributed by atoms with van der Waals surface area (Å²) in [7, 11) is 1.92. The van der Waals surface area contributed by atoms with Gasteiger partial charge >= 0.3 is 0 Å². The number of aryl methyl sites for hydroxylation is 2. The van der Waals surface area contributed by atoms with Crippen LogP contribution in [0.2, 0.25) is 0 Å². The van der Waals surface area contributed by atoms with Crippen molar-refractivity contribution in [3.8, 4) is 0 Å². The van der Waals surface area contributed by atoms with Crippen molar-refractivity contribution >= 4 is 29.4 Å². The highest BCUT2D eigenvalue weighted by atomic mass is 16.2. The summed E-state index contributed by atoms with van der Waals surface area (Å²) in [4.78, 5) is 46.5. The van der Waals surface area contributed by atoms with E-state index in [4.69, 9.17) is 0 Å². The Labute approximate surface area is 235 Å². The molecule has 2 saturated heterocycles. The Morgan fingerprint density at radius 3 is 2.30 bits per heavy atom. The summed E-state index contributed by atoms with van der Waals surface area (Å²) >= 11 is 0. The largest absolute Gasteiger partial charge is 0.334 e. The van der Waals surface area contributed by atoms with E-state index in [9.17, 15) is 9.59 Å². The van der Waals surface area contributed by atoms with Crippen LogP contribution in [0.4, 0.5) is 5.69 Å². The second kappa shape index (κ2) is 9.42. The zero-order chi connectivity index (χ0) is 28.2. The molecule has 3 atom stereocenters. The average molecular weight is 532 g/mol. The molecule has 6 heteroatoms. The molecule has 0 bridgehead atoms. The van der Waals surface area contributed by atoms with Crippen molar-refractivity contribution in [2.24, 2.45) is 5.41 Å². The summed E-state index contributed by atoms with van der Waals surface area (Å²) in [6.45, 7) is 8.53. The van der Waals surface area contributed by atoms with Gasteiger partial charge in [-0.15, -0.1) is 0 Å². The number of hydrogen-bond donors (Lipinski definition) is 1. The van der Waals surface area contributed by atoms with Gasteiger partial charge in [-0.3, -0.25) is 19.3 Å². The predicted octanol–water partition coefficient (Wildman–Crippen LogP) is 4.85. The molecule has 0 saturated carbocycles. The number of hydrogen-bond acceptors (Lipinski definition) is 4. The molecule has 3 heterocycles. The second-order valence-electron chi connectivity index (χ2n) is 11.3. The maximum Gasteiger partial charge on any atom is 0.250 e. The lowest BCUT2D eigenvalue weighted by atomic mass is 9.56. The summed E-state index contributed by atoms with van der Waals surface area (Å²) in [6.07, 6.45) is 3.17. The highest BCUT2D eigenvalue weighted by Gasteiger charge is 2.75. The Kier molecular flexibility index (Phi) is 6.11. The number of benzene rings is 3. The van der Waals surface area contributed by atoms with Gasteiger partial charge in [0.2, 0.25) is 5.91 Å². The molecule has 3 aliphatic rings. The minimum atomic E-state index is -1.30. The minimum Gasteiger partial charge on any atom is -0.334 e. The molecule has 2 spiro atoms. The molecule has 6 rings (SSSR count). The normalized spacial score (nSPS) is 26.9. The third-order valence-electron chi connectivity index (χ3n) is 9.05. The summed E-state index contributed by atoms with van der Waals surface area (Å²) in [6, 6.07) is 23.8. The third kappa shape index (κ3) is 3.56. The average Bonchev–Trinajstić information content (AvgIpc) is 3.40. The monoisotopic (exact) mass is 531 g/mol. The number of rotatable bonds is 3. The molecule has 0 radical (unpaired) electrons. The van der Waals surface area contributed by atoms with Gasteiger partial charge in [0.1, 0.15) is 5.54 Å². The van der Waals surface area contributed by atoms with E-state index in [0.717, 1.165) is 27.8 Å². The Morgan fingerprint density at radius 1 is 0.975 bits per heavy atom. The number of anilines is 1. The number of nitrogens with zero attached hydrogens (tertiary/aromatic N) is 2. The van der Waals surface area contributed by atoms with E-state index in [0.29, 0.717) is 17.8 Å². The molecule has 0 unspecified atom stereocenters. The van der Waals surface area contributed by atoms with Crippen molar-refractivity contribution in [2.75, 3.05) is 32.0 Å². The number of amides is 2. The summed E-state index contributed by atoms with van der Waals surface area (Å²) in [5, 5.41) is 3.09. The number of carbonyl (C=O) groups excluding carboxylic acids is 3. The molecule has 2 amide bonds. The van der Waals surface area contributed by atoms with E-state index < -0.39 is 11.0 Å². The number of likely N-dealkylation sites (N-methyl/N-ethyl adjacent to an activating group) is 1. The van der Waals surface area contributed by atoms with Crippen LogP contribution in [0.3, 0.4) is 0 Å². The number of ketones is 1. The van der Waals surface area contributed by atoms with Gasteiger partial charge in [0, 0.05) is 42.4 Å². The highest BCUT2D eigenvalue weighted by molar-refractivity contribution is 6.16. The van der Waals surface area contributed by atoms with Gasteiger partial charge in [-0.05, 0) is 50.2 Å². The number of fused-ring (bicyclic) bond motifs is 3. The van der Waals surface area contributed by atoms with Gasteiger partial charge in [-0.1, -0.05) is 84.4 Å². The summed E-state index contributed by atoms with van der Waals surface area (Å²) in [5.41, 5.74) is 3.48. The smallest absolute Gasteiger partial charge is 0.250 e. The van der Waals surface area contributed by atoms with Crippen LogP contribution in [-0.4, -0.2) is 54.1 Å². The maximum absolute atomic E-state index is 15.2. The lowest BCUT2D eigenvalue weighted by molar-refractivity contribution is -0.150. The quantitative estimate of drug-likeness (QED) is 0.491. The van der Waals surface area contributed by atoms with Crippen LogP contribution in [0.25, 0.3) is 6.08 Å². The van der Waals surface area contributed by atoms with Gasteiger partial charge < -0.3 is 10.2 Å². The standard InChI is InChI=1S/C34H33N3O3/c1-5-30(38)37-19-26(18-24-14-10-22(2)11-15-24)31(39)33(21-37)28(25-16-12-23(3)13-17-25)20-36(4)34(33)27-8-6-7-9-29(27)35-32(34)40/h5-18,28H,1,19-21H2,2-4H3,(H,35,40)/b26-18+/t28-,33+,34+/m0/s1. The number of piperidine rings is 1. The van der Waals surface area contributed by atoms with Crippen molar-refractivity contribution in [2.45, 2.75) is 25.3 Å². The molecule has 3 aromatic rings. The Bertz CT molecular complexity index is 1570. The van der Waals surface area contributed by atoms with E-state index >= 15 is 4.79 Å². The number of likely N-dealkylation sites (tertiary alicyclic amines) is 2. The first-order chi connectivity index (χ1) is 19.2. The highest BCUT2D eigenvalue weighted by Crippen LogP contribution is 2.64. The van der Waals surface area contributed by atoms with E-state index in [2.05, 4.69) is 24.0 Å². The van der Waals surface area contributed by atoms with Crippen molar-refractivity contribution in [1.82, 2.24) is 9.80 Å². The van der Waals surface area contributed by atoms with Gasteiger partial charge in [-0.2, -0.15) is 0 Å². The first-order valence-corrected chi connectivity index (χ1v) is 13.6. The maximum atomic E-state index is 15.2. The Hall–Kier alpha value is -4.29. The number of para-hydroxylation sites is 1. The minimum absolute atomic E-state index is 0.0945. The molecule has 3 aromatic carbocycles. The van der Waals surface area contributed by atoms with E-state index in [-0.39, 0.29) is 36.6 Å². The molecule has 202 valence electrons. The van der Waals surface area contributed by atoms with Gasteiger partial charge in [-0.25, -0.2) is 0 Å². The van der Waals surface area contributed by atoms with Crippen LogP contribution in [0.5, 0.6) is 0 Å².